The van der Waals surface area contributed by atoms with Gasteiger partial charge < -0.3 is 11.1 Å². The van der Waals surface area contributed by atoms with E-state index in [0.29, 0.717) is 6.54 Å². The van der Waals surface area contributed by atoms with Crippen molar-refractivity contribution in [2.45, 2.75) is 50.2 Å². The lowest BCUT2D eigenvalue weighted by Crippen LogP contribution is -2.55. The minimum absolute atomic E-state index is 0.0483. The van der Waals surface area contributed by atoms with Gasteiger partial charge in [0, 0.05) is 12.1 Å². The van der Waals surface area contributed by atoms with E-state index in [1.807, 2.05) is 10.2 Å². The number of nitrogens with one attached hydrogen (secondary N) is 1. The van der Waals surface area contributed by atoms with Crippen molar-refractivity contribution in [2.75, 3.05) is 26.7 Å². The largest absolute Gasteiger partial charge is 0.405 e. The van der Waals surface area contributed by atoms with Crippen molar-refractivity contribution in [2.24, 2.45) is 5.73 Å². The van der Waals surface area contributed by atoms with Crippen LogP contribution >= 0.6 is 0 Å². The van der Waals surface area contributed by atoms with Crippen LogP contribution in [0.2, 0.25) is 0 Å². The number of alkyl halides is 3. The van der Waals surface area contributed by atoms with Gasteiger partial charge in [0.05, 0.1) is 6.54 Å². The van der Waals surface area contributed by atoms with E-state index in [0.717, 1.165) is 38.5 Å². The summed E-state index contributed by atoms with van der Waals surface area (Å²) in [7, 11) is 1.77. The average Bonchev–Trinajstić information content (AvgIpc) is 2.61. The molecule has 7 heteroatoms. The molecule has 1 rings (SSSR count). The van der Waals surface area contributed by atoms with Crippen LogP contribution in [0.5, 0.6) is 0 Å². The summed E-state index contributed by atoms with van der Waals surface area (Å²) in [4.78, 5) is 13.4. The molecule has 118 valence electrons. The Kier molecular flexibility index (Phi) is 6.26. The van der Waals surface area contributed by atoms with E-state index in [2.05, 4.69) is 0 Å². The van der Waals surface area contributed by atoms with E-state index < -0.39 is 18.6 Å². The fourth-order valence-corrected chi connectivity index (χ4v) is 2.77. The molecule has 0 bridgehead atoms. The van der Waals surface area contributed by atoms with Gasteiger partial charge >= 0.3 is 6.18 Å². The molecule has 1 aliphatic carbocycles. The predicted octanol–water partition coefficient (Wildman–Crippen LogP) is 1.65. The first-order valence-electron chi connectivity index (χ1n) is 7.04. The van der Waals surface area contributed by atoms with Crippen LogP contribution in [0.3, 0.4) is 0 Å². The van der Waals surface area contributed by atoms with E-state index in [-0.39, 0.29) is 12.1 Å². The van der Waals surface area contributed by atoms with Gasteiger partial charge in [-0.15, -0.1) is 0 Å². The Balaban J connectivity index is 2.53. The van der Waals surface area contributed by atoms with Crippen molar-refractivity contribution in [1.82, 2.24) is 10.2 Å². The number of rotatable bonds is 5. The van der Waals surface area contributed by atoms with Crippen LogP contribution in [0, 0.1) is 0 Å². The van der Waals surface area contributed by atoms with Crippen molar-refractivity contribution in [3.8, 4) is 0 Å². The first-order chi connectivity index (χ1) is 9.29. The monoisotopic (exact) mass is 295 g/mol. The quantitative estimate of drug-likeness (QED) is 0.758. The highest BCUT2D eigenvalue weighted by Crippen LogP contribution is 2.30. The Morgan fingerprint density at radius 1 is 1.25 bits per heavy atom. The number of nitrogens with zero attached hydrogens (tertiary/aromatic N) is 1. The number of hydrogen-bond acceptors (Lipinski definition) is 3. The fourth-order valence-electron chi connectivity index (χ4n) is 2.77. The van der Waals surface area contributed by atoms with Crippen LogP contribution in [0.15, 0.2) is 0 Å². The van der Waals surface area contributed by atoms with Crippen LogP contribution in [0.4, 0.5) is 13.2 Å². The van der Waals surface area contributed by atoms with Gasteiger partial charge in [-0.25, -0.2) is 0 Å². The third-order valence-electron chi connectivity index (χ3n) is 4.09. The maximum absolute atomic E-state index is 12.1. The minimum atomic E-state index is -4.37. The zero-order valence-electron chi connectivity index (χ0n) is 11.9. The highest BCUT2D eigenvalue weighted by molar-refractivity contribution is 5.78. The van der Waals surface area contributed by atoms with Gasteiger partial charge in [0.2, 0.25) is 5.91 Å². The molecule has 1 aliphatic rings. The smallest absolute Gasteiger partial charge is 0.346 e. The molecule has 4 nitrogen and oxygen atoms in total. The lowest BCUT2D eigenvalue weighted by Gasteiger charge is -2.40. The molecule has 0 atom stereocenters. The minimum Gasteiger partial charge on any atom is -0.346 e. The third-order valence-corrected chi connectivity index (χ3v) is 4.09. The van der Waals surface area contributed by atoms with E-state index in [9.17, 15) is 18.0 Å². The van der Waals surface area contributed by atoms with Crippen molar-refractivity contribution in [1.29, 1.82) is 0 Å². The maximum Gasteiger partial charge on any atom is 0.405 e. The van der Waals surface area contributed by atoms with Gasteiger partial charge in [-0.05, 0) is 19.9 Å². The molecule has 0 aromatic rings. The number of likely N-dealkylation sites (N-methyl/N-ethyl adjacent to an activating group) is 1. The molecule has 1 saturated carbocycles. The van der Waals surface area contributed by atoms with E-state index in [4.69, 9.17) is 5.73 Å². The lowest BCUT2D eigenvalue weighted by molar-refractivity contribution is -0.139. The first kappa shape index (κ1) is 17.2. The van der Waals surface area contributed by atoms with Crippen molar-refractivity contribution >= 4 is 5.91 Å². The molecule has 1 fully saturated rings. The van der Waals surface area contributed by atoms with Gasteiger partial charge in [0.15, 0.2) is 0 Å². The first-order valence-corrected chi connectivity index (χ1v) is 7.04. The zero-order chi connectivity index (χ0) is 15.2. The van der Waals surface area contributed by atoms with Crippen molar-refractivity contribution in [3.63, 3.8) is 0 Å². The summed E-state index contributed by atoms with van der Waals surface area (Å²) < 4.78 is 36.2. The normalized spacial score (nSPS) is 19.7. The fraction of sp³-hybridized carbons (Fsp3) is 0.923. The van der Waals surface area contributed by atoms with Crippen molar-refractivity contribution in [3.05, 3.63) is 0 Å². The van der Waals surface area contributed by atoms with E-state index in [1.54, 1.807) is 7.05 Å². The highest BCUT2D eigenvalue weighted by Gasteiger charge is 2.35. The van der Waals surface area contributed by atoms with Crippen molar-refractivity contribution < 1.29 is 18.0 Å². The summed E-state index contributed by atoms with van der Waals surface area (Å²) in [5, 5.41) is 1.90. The molecular formula is C13H24F3N3O. The number of carbonyl (C=O) groups is 1. The van der Waals surface area contributed by atoms with Gasteiger partial charge in [0.1, 0.15) is 6.54 Å². The van der Waals surface area contributed by atoms with Gasteiger partial charge in [0.25, 0.3) is 0 Å². The number of hydrogen-bond donors (Lipinski definition) is 2. The molecule has 0 aromatic heterocycles. The molecule has 0 aromatic carbocycles. The van der Waals surface area contributed by atoms with Crippen LogP contribution < -0.4 is 11.1 Å². The molecule has 0 saturated heterocycles. The van der Waals surface area contributed by atoms with Gasteiger partial charge in [-0.2, -0.15) is 13.2 Å². The molecule has 0 unspecified atom stereocenters. The van der Waals surface area contributed by atoms with Crippen LogP contribution in [0.25, 0.3) is 0 Å². The second kappa shape index (κ2) is 7.26. The standard InChI is InChI=1S/C13H24F3N3O/c1-19(8-11(20)18-10-13(14,15)16)12(9-17)6-4-2-3-5-7-12/h2-10,17H2,1H3,(H,18,20). The molecule has 3 N–H and O–H groups in total. The number of nitrogens with two attached hydrogens (primary N) is 1. The van der Waals surface area contributed by atoms with Gasteiger partial charge in [-0.1, -0.05) is 25.7 Å². The summed E-state index contributed by atoms with van der Waals surface area (Å²) in [6.07, 6.45) is 1.81. The van der Waals surface area contributed by atoms with E-state index in [1.165, 1.54) is 0 Å². The summed E-state index contributed by atoms with van der Waals surface area (Å²) in [6, 6.07) is 0. The highest BCUT2D eigenvalue weighted by atomic mass is 19.4. The van der Waals surface area contributed by atoms with Crippen LogP contribution in [0.1, 0.15) is 38.5 Å². The Labute approximate surface area is 117 Å². The number of halogens is 3. The Morgan fingerprint density at radius 3 is 2.25 bits per heavy atom. The lowest BCUT2D eigenvalue weighted by atomic mass is 9.88. The Bertz CT molecular complexity index is 312. The second-order valence-corrected chi connectivity index (χ2v) is 5.59. The molecule has 0 aliphatic heterocycles. The summed E-state index contributed by atoms with van der Waals surface area (Å²) in [6.45, 7) is -0.904. The second-order valence-electron chi connectivity index (χ2n) is 5.59. The Morgan fingerprint density at radius 2 is 1.80 bits per heavy atom. The number of carbonyl (C=O) groups excluding carboxylic acids is 1. The van der Waals surface area contributed by atoms with Gasteiger partial charge in [-0.3, -0.25) is 9.69 Å². The topological polar surface area (TPSA) is 58.4 Å². The third kappa shape index (κ3) is 5.28. The maximum atomic E-state index is 12.1. The molecule has 0 spiro atoms. The molecule has 0 heterocycles. The van der Waals surface area contributed by atoms with E-state index >= 15 is 0 Å². The average molecular weight is 295 g/mol. The summed E-state index contributed by atoms with van der Waals surface area (Å²) in [5.74, 6) is -0.609. The number of amides is 1. The van der Waals surface area contributed by atoms with Crippen LogP contribution in [-0.4, -0.2) is 49.2 Å². The molecule has 1 amide bonds. The molecular weight excluding hydrogens is 271 g/mol. The van der Waals surface area contributed by atoms with Crippen LogP contribution in [-0.2, 0) is 4.79 Å². The Hall–Kier alpha value is -0.820. The summed E-state index contributed by atoms with van der Waals surface area (Å²) in [5.41, 5.74) is 5.62. The summed E-state index contributed by atoms with van der Waals surface area (Å²) >= 11 is 0. The molecule has 0 radical (unpaired) electrons. The predicted molar refractivity (Wildman–Crippen MR) is 71.2 cm³/mol. The SMILES string of the molecule is CN(CC(=O)NCC(F)(F)F)C1(CN)CCCCCC1. The zero-order valence-corrected chi connectivity index (χ0v) is 11.9. The molecule has 20 heavy (non-hydrogen) atoms.